The molecule has 0 saturated carbocycles. The van der Waals surface area contributed by atoms with Crippen LogP contribution in [0.2, 0.25) is 0 Å². The number of rotatable bonds is 6. The molecule has 1 atom stereocenters. The Labute approximate surface area is 105 Å². The number of anilines is 1. The maximum absolute atomic E-state index is 5.29. The Hall–Kier alpha value is -1.02. The molecule has 0 bridgehead atoms. The number of nitrogens with one attached hydrogen (secondary N) is 1. The highest BCUT2D eigenvalue weighted by Gasteiger charge is 2.15. The van der Waals surface area contributed by atoms with E-state index in [9.17, 15) is 0 Å². The summed E-state index contributed by atoms with van der Waals surface area (Å²) in [5.74, 6) is 0.555. The monoisotopic (exact) mass is 235 g/mol. The number of hydrogen-bond acceptors (Lipinski definition) is 2. The van der Waals surface area contributed by atoms with Crippen LogP contribution in [0.1, 0.15) is 31.9 Å². The molecule has 1 N–H and O–H groups in total. The lowest BCUT2D eigenvalue weighted by atomic mass is 10.0. The first-order valence-corrected chi connectivity index (χ1v) is 6.44. The maximum atomic E-state index is 5.29. The smallest absolute Gasteiger partial charge is 0.0666 e. The van der Waals surface area contributed by atoms with E-state index >= 15 is 0 Å². The van der Waals surface area contributed by atoms with Crippen molar-refractivity contribution in [2.75, 3.05) is 19.0 Å². The topological polar surface area (TPSA) is 21.3 Å². The van der Waals surface area contributed by atoms with Crippen molar-refractivity contribution in [3.05, 3.63) is 29.3 Å². The zero-order chi connectivity index (χ0) is 12.8. The van der Waals surface area contributed by atoms with Crippen LogP contribution in [0.4, 0.5) is 5.69 Å². The summed E-state index contributed by atoms with van der Waals surface area (Å²) in [6.45, 7) is 9.54. The number of para-hydroxylation sites is 1. The van der Waals surface area contributed by atoms with Crippen molar-refractivity contribution in [2.45, 2.75) is 40.2 Å². The third-order valence-corrected chi connectivity index (χ3v) is 3.22. The first kappa shape index (κ1) is 14.0. The zero-order valence-electron chi connectivity index (χ0n) is 11.7. The van der Waals surface area contributed by atoms with Crippen molar-refractivity contribution >= 4 is 5.69 Å². The lowest BCUT2D eigenvalue weighted by Gasteiger charge is -2.25. The molecule has 96 valence electrons. The van der Waals surface area contributed by atoms with Gasteiger partial charge in [0, 0.05) is 12.8 Å². The van der Waals surface area contributed by atoms with Gasteiger partial charge in [0.15, 0.2) is 0 Å². The molecule has 0 aromatic heterocycles. The van der Waals surface area contributed by atoms with E-state index in [2.05, 4.69) is 51.2 Å². The van der Waals surface area contributed by atoms with Crippen molar-refractivity contribution in [1.29, 1.82) is 0 Å². The van der Waals surface area contributed by atoms with Crippen LogP contribution in [-0.2, 0) is 11.2 Å². The van der Waals surface area contributed by atoms with Gasteiger partial charge in [-0.3, -0.25) is 0 Å². The fraction of sp³-hybridized carbons (Fsp3) is 0.600. The predicted octanol–water partition coefficient (Wildman–Crippen LogP) is 3.64. The minimum Gasteiger partial charge on any atom is -0.383 e. The molecule has 0 fully saturated rings. The summed E-state index contributed by atoms with van der Waals surface area (Å²) >= 11 is 0. The van der Waals surface area contributed by atoms with Crippen LogP contribution in [0.15, 0.2) is 18.2 Å². The van der Waals surface area contributed by atoms with E-state index in [1.807, 2.05) is 0 Å². The predicted molar refractivity (Wildman–Crippen MR) is 74.7 cm³/mol. The molecule has 17 heavy (non-hydrogen) atoms. The maximum Gasteiger partial charge on any atom is 0.0666 e. The van der Waals surface area contributed by atoms with Crippen molar-refractivity contribution in [3.63, 3.8) is 0 Å². The van der Waals surface area contributed by atoms with Gasteiger partial charge in [-0.1, -0.05) is 39.0 Å². The van der Waals surface area contributed by atoms with Crippen LogP contribution in [-0.4, -0.2) is 19.8 Å². The van der Waals surface area contributed by atoms with Crippen LogP contribution in [0.25, 0.3) is 0 Å². The minimum atomic E-state index is 0.367. The number of benzene rings is 1. The standard InChI is InChI=1S/C15H25NO/c1-6-13-9-7-8-12(4)15(13)16-14(10-17-5)11(2)3/h7-9,11,14,16H,6,10H2,1-5H3. The number of aryl methyl sites for hydroxylation is 2. The minimum absolute atomic E-state index is 0.367. The van der Waals surface area contributed by atoms with Crippen LogP contribution in [0.3, 0.4) is 0 Å². The Balaban J connectivity index is 2.91. The van der Waals surface area contributed by atoms with Gasteiger partial charge in [-0.15, -0.1) is 0 Å². The van der Waals surface area contributed by atoms with Crippen molar-refractivity contribution in [3.8, 4) is 0 Å². The number of hydrogen-bond donors (Lipinski definition) is 1. The molecule has 1 aromatic carbocycles. The molecule has 0 radical (unpaired) electrons. The fourth-order valence-electron chi connectivity index (χ4n) is 2.00. The van der Waals surface area contributed by atoms with Crippen LogP contribution in [0.5, 0.6) is 0 Å². The molecule has 0 aliphatic heterocycles. The van der Waals surface area contributed by atoms with Crippen LogP contribution >= 0.6 is 0 Å². The average molecular weight is 235 g/mol. The second kappa shape index (κ2) is 6.65. The Kier molecular flexibility index (Phi) is 5.49. The Morgan fingerprint density at radius 2 is 2.00 bits per heavy atom. The lowest BCUT2D eigenvalue weighted by Crippen LogP contribution is -2.31. The highest BCUT2D eigenvalue weighted by atomic mass is 16.5. The van der Waals surface area contributed by atoms with Gasteiger partial charge in [0.1, 0.15) is 0 Å². The van der Waals surface area contributed by atoms with Gasteiger partial charge in [0.25, 0.3) is 0 Å². The first-order chi connectivity index (χ1) is 8.10. The molecule has 0 aliphatic carbocycles. The summed E-state index contributed by atoms with van der Waals surface area (Å²) in [5, 5.41) is 3.64. The lowest BCUT2D eigenvalue weighted by molar-refractivity contribution is 0.171. The summed E-state index contributed by atoms with van der Waals surface area (Å²) < 4.78 is 5.29. The third-order valence-electron chi connectivity index (χ3n) is 3.22. The summed E-state index contributed by atoms with van der Waals surface area (Å²) in [5.41, 5.74) is 3.98. The fourth-order valence-corrected chi connectivity index (χ4v) is 2.00. The van der Waals surface area contributed by atoms with Crippen molar-refractivity contribution in [2.24, 2.45) is 5.92 Å². The molecule has 1 aromatic rings. The van der Waals surface area contributed by atoms with Crippen molar-refractivity contribution in [1.82, 2.24) is 0 Å². The van der Waals surface area contributed by atoms with E-state index in [-0.39, 0.29) is 0 Å². The summed E-state index contributed by atoms with van der Waals surface area (Å²) in [6.07, 6.45) is 1.06. The van der Waals surface area contributed by atoms with Crippen molar-refractivity contribution < 1.29 is 4.74 Å². The van der Waals surface area contributed by atoms with Gasteiger partial charge < -0.3 is 10.1 Å². The van der Waals surface area contributed by atoms with Gasteiger partial charge in [-0.2, -0.15) is 0 Å². The van der Waals surface area contributed by atoms with E-state index < -0.39 is 0 Å². The summed E-state index contributed by atoms with van der Waals surface area (Å²) in [4.78, 5) is 0. The average Bonchev–Trinajstić information content (AvgIpc) is 2.30. The molecular formula is C15H25NO. The largest absolute Gasteiger partial charge is 0.383 e. The zero-order valence-corrected chi connectivity index (χ0v) is 11.7. The molecule has 0 spiro atoms. The van der Waals surface area contributed by atoms with Crippen LogP contribution in [0, 0.1) is 12.8 Å². The van der Waals surface area contributed by atoms with E-state index in [1.54, 1.807) is 7.11 Å². The second-order valence-electron chi connectivity index (χ2n) is 4.91. The van der Waals surface area contributed by atoms with E-state index in [1.165, 1.54) is 16.8 Å². The highest BCUT2D eigenvalue weighted by molar-refractivity contribution is 5.57. The van der Waals surface area contributed by atoms with Gasteiger partial charge in [-0.25, -0.2) is 0 Å². The summed E-state index contributed by atoms with van der Waals surface area (Å²) in [7, 11) is 1.76. The molecule has 2 nitrogen and oxygen atoms in total. The molecule has 1 unspecified atom stereocenters. The van der Waals surface area contributed by atoms with Gasteiger partial charge >= 0.3 is 0 Å². The first-order valence-electron chi connectivity index (χ1n) is 6.44. The SMILES string of the molecule is CCc1cccc(C)c1NC(COC)C(C)C. The van der Waals surface area contributed by atoms with Crippen LogP contribution < -0.4 is 5.32 Å². The Morgan fingerprint density at radius 1 is 1.29 bits per heavy atom. The quantitative estimate of drug-likeness (QED) is 0.812. The van der Waals surface area contributed by atoms with Gasteiger partial charge in [0.2, 0.25) is 0 Å². The summed E-state index contributed by atoms with van der Waals surface area (Å²) in [6, 6.07) is 6.84. The molecule has 0 saturated heterocycles. The third kappa shape index (κ3) is 3.74. The molecular weight excluding hydrogens is 210 g/mol. The van der Waals surface area contributed by atoms with E-state index in [0.29, 0.717) is 12.0 Å². The number of ether oxygens (including phenoxy) is 1. The second-order valence-corrected chi connectivity index (χ2v) is 4.91. The van der Waals surface area contributed by atoms with Gasteiger partial charge in [0.05, 0.1) is 12.6 Å². The Morgan fingerprint density at radius 3 is 2.53 bits per heavy atom. The molecule has 1 rings (SSSR count). The Bertz CT molecular complexity index is 347. The molecule has 0 amide bonds. The normalized spacial score (nSPS) is 12.8. The molecule has 0 heterocycles. The molecule has 2 heteroatoms. The molecule has 0 aliphatic rings. The van der Waals surface area contributed by atoms with E-state index in [4.69, 9.17) is 4.74 Å². The number of methoxy groups -OCH3 is 1. The highest BCUT2D eigenvalue weighted by Crippen LogP contribution is 2.23. The van der Waals surface area contributed by atoms with Gasteiger partial charge in [-0.05, 0) is 30.4 Å². The van der Waals surface area contributed by atoms with E-state index in [0.717, 1.165) is 13.0 Å².